The Bertz CT molecular complexity index is 1450. The molecule has 0 atom stereocenters. The van der Waals surface area contributed by atoms with Gasteiger partial charge in [0.15, 0.2) is 10.9 Å². The van der Waals surface area contributed by atoms with Crippen LogP contribution in [0.1, 0.15) is 29.7 Å². The van der Waals surface area contributed by atoms with E-state index in [9.17, 15) is 4.79 Å². The van der Waals surface area contributed by atoms with Gasteiger partial charge in [0, 0.05) is 56.4 Å². The van der Waals surface area contributed by atoms with Crippen molar-refractivity contribution in [2.75, 3.05) is 32.1 Å². The SMILES string of the molecule is COC(=O)N1CCC(CNCc2nccc(Sc3cnc(Nc4cc(C)ccn4)s3)c2F)(c2ccncc2)CC1. The number of aromatic nitrogens is 4. The molecule has 12 heteroatoms. The fraction of sp³-hybridized carbons (Fsp3) is 0.321. The summed E-state index contributed by atoms with van der Waals surface area (Å²) in [5.74, 6) is 0.372. The van der Waals surface area contributed by atoms with Crippen LogP contribution in [0.4, 0.5) is 20.1 Å². The lowest BCUT2D eigenvalue weighted by Gasteiger charge is -2.42. The summed E-state index contributed by atoms with van der Waals surface area (Å²) in [6.07, 6.45) is 9.86. The van der Waals surface area contributed by atoms with Crippen LogP contribution in [0.3, 0.4) is 0 Å². The molecule has 1 aliphatic rings. The molecule has 1 saturated heterocycles. The first-order valence-corrected chi connectivity index (χ1v) is 14.5. The molecule has 40 heavy (non-hydrogen) atoms. The lowest BCUT2D eigenvalue weighted by Crippen LogP contribution is -2.49. The summed E-state index contributed by atoms with van der Waals surface area (Å²) in [5.41, 5.74) is 2.39. The molecule has 5 heterocycles. The van der Waals surface area contributed by atoms with Gasteiger partial charge in [-0.1, -0.05) is 23.1 Å². The normalized spacial score (nSPS) is 14.6. The molecule has 1 fully saturated rings. The number of nitrogens with one attached hydrogen (secondary N) is 2. The number of ether oxygens (including phenoxy) is 1. The third kappa shape index (κ3) is 6.57. The first kappa shape index (κ1) is 27.9. The Balaban J connectivity index is 1.23. The Morgan fingerprint density at radius 1 is 1.12 bits per heavy atom. The maximum absolute atomic E-state index is 15.5. The minimum atomic E-state index is -0.346. The second-order valence-electron chi connectivity index (χ2n) is 9.58. The van der Waals surface area contributed by atoms with Gasteiger partial charge in [0.1, 0.15) is 5.82 Å². The Hall–Kier alpha value is -3.61. The molecule has 0 saturated carbocycles. The molecule has 0 aromatic carbocycles. The second-order valence-corrected chi connectivity index (χ2v) is 11.9. The van der Waals surface area contributed by atoms with Crippen molar-refractivity contribution >= 4 is 40.1 Å². The van der Waals surface area contributed by atoms with Crippen molar-refractivity contribution in [2.24, 2.45) is 0 Å². The molecule has 1 amide bonds. The Morgan fingerprint density at radius 2 is 1.90 bits per heavy atom. The lowest BCUT2D eigenvalue weighted by molar-refractivity contribution is 0.0984. The van der Waals surface area contributed by atoms with E-state index in [4.69, 9.17) is 4.74 Å². The molecule has 0 radical (unpaired) electrons. The highest BCUT2D eigenvalue weighted by molar-refractivity contribution is 8.01. The quantitative estimate of drug-likeness (QED) is 0.264. The number of hydrogen-bond donors (Lipinski definition) is 2. The number of carbonyl (C=O) groups excluding carboxylic acids is 1. The summed E-state index contributed by atoms with van der Waals surface area (Å²) in [6, 6.07) is 9.58. The van der Waals surface area contributed by atoms with Gasteiger partial charge in [-0.25, -0.2) is 19.2 Å². The van der Waals surface area contributed by atoms with Crippen molar-refractivity contribution in [3.05, 3.63) is 84.0 Å². The predicted molar refractivity (Wildman–Crippen MR) is 154 cm³/mol. The first-order valence-electron chi connectivity index (χ1n) is 12.9. The molecule has 1 aliphatic heterocycles. The number of thiazole rings is 1. The number of nitrogens with zero attached hydrogens (tertiary/aromatic N) is 5. The smallest absolute Gasteiger partial charge is 0.409 e. The summed E-state index contributed by atoms with van der Waals surface area (Å²) in [7, 11) is 1.40. The molecule has 5 rings (SSSR count). The van der Waals surface area contributed by atoms with E-state index in [1.165, 1.54) is 30.2 Å². The molecule has 9 nitrogen and oxygen atoms in total. The maximum atomic E-state index is 15.5. The van der Waals surface area contributed by atoms with Crippen LogP contribution in [-0.2, 0) is 16.7 Å². The van der Waals surface area contributed by atoms with Crippen LogP contribution in [-0.4, -0.2) is 57.7 Å². The Labute approximate surface area is 240 Å². The fourth-order valence-electron chi connectivity index (χ4n) is 4.80. The van der Waals surface area contributed by atoms with Gasteiger partial charge in [-0.05, 0) is 61.2 Å². The van der Waals surface area contributed by atoms with E-state index in [1.807, 2.05) is 31.2 Å². The van der Waals surface area contributed by atoms with E-state index in [0.29, 0.717) is 35.4 Å². The standard InChI is InChI=1S/C28H30FN7O2S2/c1-19-3-11-33-23(15-19)35-26-34-17-24(40-26)39-22-6-12-32-21(25(22)29)16-31-18-28(20-4-9-30-10-5-20)7-13-36(14-8-28)27(37)38-2/h3-6,9-12,15,17,31H,7-8,13-14,16,18H2,1-2H3,(H,33,34,35). The third-order valence-electron chi connectivity index (χ3n) is 6.97. The van der Waals surface area contributed by atoms with Gasteiger partial charge >= 0.3 is 6.09 Å². The van der Waals surface area contributed by atoms with Crippen LogP contribution in [0.5, 0.6) is 0 Å². The molecule has 208 valence electrons. The molecular formula is C28H30FN7O2S2. The highest BCUT2D eigenvalue weighted by atomic mass is 32.2. The molecule has 0 spiro atoms. The van der Waals surface area contributed by atoms with E-state index < -0.39 is 0 Å². The number of halogens is 1. The highest BCUT2D eigenvalue weighted by Crippen LogP contribution is 2.37. The average Bonchev–Trinajstić information content (AvgIpc) is 3.42. The van der Waals surface area contributed by atoms with E-state index in [2.05, 4.69) is 30.6 Å². The van der Waals surface area contributed by atoms with Crippen molar-refractivity contribution in [1.82, 2.24) is 30.2 Å². The van der Waals surface area contributed by atoms with E-state index in [-0.39, 0.29) is 23.9 Å². The van der Waals surface area contributed by atoms with Crippen molar-refractivity contribution < 1.29 is 13.9 Å². The maximum Gasteiger partial charge on any atom is 0.409 e. The van der Waals surface area contributed by atoms with Crippen molar-refractivity contribution in [3.8, 4) is 0 Å². The molecule has 0 bridgehead atoms. The largest absolute Gasteiger partial charge is 0.453 e. The number of pyridine rings is 3. The van der Waals surface area contributed by atoms with Gasteiger partial charge in [-0.2, -0.15) is 0 Å². The highest BCUT2D eigenvalue weighted by Gasteiger charge is 2.37. The van der Waals surface area contributed by atoms with Crippen molar-refractivity contribution in [3.63, 3.8) is 0 Å². The Kier molecular flexibility index (Phi) is 8.88. The van der Waals surface area contributed by atoms with Crippen molar-refractivity contribution in [2.45, 2.75) is 40.8 Å². The summed E-state index contributed by atoms with van der Waals surface area (Å²) in [6.45, 7) is 4.06. The summed E-state index contributed by atoms with van der Waals surface area (Å²) in [5, 5.41) is 7.33. The first-order chi connectivity index (χ1) is 19.5. The number of rotatable bonds is 9. The number of methoxy groups -OCH3 is 1. The van der Waals surface area contributed by atoms with Gasteiger partial charge < -0.3 is 20.3 Å². The van der Waals surface area contributed by atoms with Crippen LogP contribution in [0, 0.1) is 12.7 Å². The number of anilines is 2. The Morgan fingerprint density at radius 3 is 2.65 bits per heavy atom. The van der Waals surface area contributed by atoms with Crippen LogP contribution in [0.2, 0.25) is 0 Å². The number of likely N-dealkylation sites (tertiary alicyclic amines) is 1. The number of amides is 1. The number of carbonyl (C=O) groups is 1. The van der Waals surface area contributed by atoms with Gasteiger partial charge in [-0.15, -0.1) is 0 Å². The topological polar surface area (TPSA) is 105 Å². The third-order valence-corrected chi connectivity index (χ3v) is 9.02. The average molecular weight is 580 g/mol. The molecule has 0 unspecified atom stereocenters. The number of piperidine rings is 1. The predicted octanol–water partition coefficient (Wildman–Crippen LogP) is 5.56. The van der Waals surface area contributed by atoms with E-state index in [0.717, 1.165) is 34.0 Å². The summed E-state index contributed by atoms with van der Waals surface area (Å²) >= 11 is 2.76. The molecular weight excluding hydrogens is 549 g/mol. The van der Waals surface area contributed by atoms with Crippen LogP contribution < -0.4 is 10.6 Å². The zero-order valence-corrected chi connectivity index (χ0v) is 23.9. The van der Waals surface area contributed by atoms with Crippen LogP contribution in [0.25, 0.3) is 0 Å². The zero-order chi connectivity index (χ0) is 28.0. The number of hydrogen-bond acceptors (Lipinski definition) is 10. The van der Waals surface area contributed by atoms with E-state index in [1.54, 1.807) is 42.0 Å². The minimum Gasteiger partial charge on any atom is -0.453 e. The van der Waals surface area contributed by atoms with E-state index >= 15 is 4.39 Å². The summed E-state index contributed by atoms with van der Waals surface area (Å²) in [4.78, 5) is 31.4. The zero-order valence-electron chi connectivity index (χ0n) is 22.3. The molecule has 2 N–H and O–H groups in total. The summed E-state index contributed by atoms with van der Waals surface area (Å²) < 4.78 is 21.2. The van der Waals surface area contributed by atoms with Gasteiger partial charge in [-0.3, -0.25) is 9.97 Å². The van der Waals surface area contributed by atoms with Crippen LogP contribution in [0.15, 0.2) is 70.4 Å². The lowest BCUT2D eigenvalue weighted by atomic mass is 9.73. The molecule has 4 aromatic heterocycles. The van der Waals surface area contributed by atoms with Gasteiger partial charge in [0.2, 0.25) is 0 Å². The molecule has 0 aliphatic carbocycles. The monoisotopic (exact) mass is 579 g/mol. The van der Waals surface area contributed by atoms with Gasteiger partial charge in [0.05, 0.1) is 28.1 Å². The van der Waals surface area contributed by atoms with Crippen molar-refractivity contribution in [1.29, 1.82) is 0 Å². The molecule has 4 aromatic rings. The second kappa shape index (κ2) is 12.7. The fourth-order valence-corrected chi connectivity index (χ4v) is 6.68. The van der Waals surface area contributed by atoms with Crippen LogP contribution >= 0.6 is 23.1 Å². The van der Waals surface area contributed by atoms with Gasteiger partial charge in [0.25, 0.3) is 0 Å². The number of aryl methyl sites for hydroxylation is 1. The minimum absolute atomic E-state index is 0.214.